The molecule has 2 atom stereocenters. The van der Waals surface area contributed by atoms with Crippen LogP contribution in [0.2, 0.25) is 0 Å². The number of guanidine groups is 1. The minimum atomic E-state index is -0.396. The summed E-state index contributed by atoms with van der Waals surface area (Å²) in [7, 11) is 3.39. The number of nitrogens with zero attached hydrogens (tertiary/aromatic N) is 2. The van der Waals surface area contributed by atoms with E-state index >= 15 is 0 Å². The Bertz CT molecular complexity index is 654. The number of nitrogens with one attached hydrogen (secondary N) is 2. The Morgan fingerprint density at radius 1 is 1.34 bits per heavy atom. The minimum Gasteiger partial charge on any atom is -0.486 e. The molecular weight excluding hydrogens is 490 g/mol. The van der Waals surface area contributed by atoms with E-state index in [9.17, 15) is 9.18 Å². The molecule has 1 heterocycles. The number of carbonyl (C=O) groups is 1. The first-order valence-corrected chi connectivity index (χ1v) is 9.71. The zero-order valence-corrected chi connectivity index (χ0v) is 19.6. The molecule has 1 aromatic rings. The van der Waals surface area contributed by atoms with Crippen molar-refractivity contribution in [1.29, 1.82) is 0 Å². The Balaban J connectivity index is 0.00000420. The van der Waals surface area contributed by atoms with Crippen LogP contribution in [-0.2, 0) is 9.53 Å². The zero-order chi connectivity index (χ0) is 20.4. The van der Waals surface area contributed by atoms with E-state index < -0.39 is 5.82 Å². The second-order valence-electron chi connectivity index (χ2n) is 7.06. The highest BCUT2D eigenvalue weighted by atomic mass is 127. The van der Waals surface area contributed by atoms with E-state index in [4.69, 9.17) is 9.47 Å². The summed E-state index contributed by atoms with van der Waals surface area (Å²) in [5, 5.41) is 6.39. The van der Waals surface area contributed by atoms with Crippen LogP contribution in [0.25, 0.3) is 0 Å². The van der Waals surface area contributed by atoms with Crippen molar-refractivity contribution < 1.29 is 18.7 Å². The third kappa shape index (κ3) is 9.62. The summed E-state index contributed by atoms with van der Waals surface area (Å²) >= 11 is 0. The van der Waals surface area contributed by atoms with Crippen molar-refractivity contribution in [3.63, 3.8) is 0 Å². The smallest absolute Gasteiger partial charge is 0.243 e. The zero-order valence-electron chi connectivity index (χ0n) is 17.3. The third-order valence-corrected chi connectivity index (χ3v) is 4.36. The minimum absolute atomic E-state index is 0. The molecule has 164 valence electrons. The lowest BCUT2D eigenvalue weighted by atomic mass is 10.1. The molecule has 7 nitrogen and oxygen atoms in total. The van der Waals surface area contributed by atoms with Gasteiger partial charge >= 0.3 is 0 Å². The topological polar surface area (TPSA) is 75.2 Å². The number of hydrogen-bond donors (Lipinski definition) is 2. The van der Waals surface area contributed by atoms with E-state index in [-0.39, 0.29) is 54.4 Å². The van der Waals surface area contributed by atoms with Gasteiger partial charge in [-0.05, 0) is 38.3 Å². The Morgan fingerprint density at radius 2 is 2.10 bits per heavy atom. The number of rotatable bonds is 8. The summed E-state index contributed by atoms with van der Waals surface area (Å²) in [6.45, 7) is 3.67. The van der Waals surface area contributed by atoms with E-state index in [1.165, 1.54) is 11.0 Å². The molecule has 2 rings (SSSR count). The Kier molecular flexibility index (Phi) is 11.9. The molecule has 1 aromatic carbocycles. The lowest BCUT2D eigenvalue weighted by Gasteiger charge is -2.24. The molecule has 0 aromatic heterocycles. The van der Waals surface area contributed by atoms with Crippen LogP contribution in [0.3, 0.4) is 0 Å². The van der Waals surface area contributed by atoms with Crippen LogP contribution in [0.15, 0.2) is 29.3 Å². The molecule has 0 saturated carbocycles. The van der Waals surface area contributed by atoms with E-state index in [0.29, 0.717) is 19.0 Å². The summed E-state index contributed by atoms with van der Waals surface area (Å²) < 4.78 is 25.1. The van der Waals surface area contributed by atoms with Gasteiger partial charge in [0.1, 0.15) is 12.6 Å². The average Bonchev–Trinajstić information content (AvgIpc) is 2.69. The Hall–Kier alpha value is -1.62. The first-order valence-electron chi connectivity index (χ1n) is 9.71. The van der Waals surface area contributed by atoms with Gasteiger partial charge in [-0.15, -0.1) is 24.0 Å². The van der Waals surface area contributed by atoms with E-state index in [0.717, 1.165) is 25.9 Å². The highest BCUT2D eigenvalue weighted by Gasteiger charge is 2.15. The van der Waals surface area contributed by atoms with Crippen LogP contribution in [0.4, 0.5) is 4.39 Å². The Morgan fingerprint density at radius 3 is 2.76 bits per heavy atom. The van der Waals surface area contributed by atoms with Crippen LogP contribution >= 0.6 is 24.0 Å². The molecule has 29 heavy (non-hydrogen) atoms. The van der Waals surface area contributed by atoms with Crippen LogP contribution in [-0.4, -0.2) is 69.3 Å². The lowest BCUT2D eigenvalue weighted by Crippen LogP contribution is -2.45. The van der Waals surface area contributed by atoms with Crippen LogP contribution < -0.4 is 15.4 Å². The first kappa shape index (κ1) is 25.4. The van der Waals surface area contributed by atoms with Gasteiger partial charge < -0.3 is 25.0 Å². The van der Waals surface area contributed by atoms with E-state index in [1.54, 1.807) is 32.3 Å². The molecule has 9 heteroatoms. The number of ether oxygens (including phenoxy) is 2. The van der Waals surface area contributed by atoms with Gasteiger partial charge in [0.2, 0.25) is 5.91 Å². The molecule has 0 radical (unpaired) electrons. The van der Waals surface area contributed by atoms with Gasteiger partial charge in [-0.2, -0.15) is 0 Å². The maximum Gasteiger partial charge on any atom is 0.243 e. The second-order valence-corrected chi connectivity index (χ2v) is 7.06. The van der Waals surface area contributed by atoms with Gasteiger partial charge in [0.05, 0.1) is 12.6 Å². The Labute approximate surface area is 189 Å². The maximum atomic E-state index is 13.7. The molecule has 2 unspecified atom stereocenters. The largest absolute Gasteiger partial charge is 0.486 e. The highest BCUT2D eigenvalue weighted by molar-refractivity contribution is 14.0. The maximum absolute atomic E-state index is 13.7. The fourth-order valence-electron chi connectivity index (χ4n) is 2.68. The number of hydrogen-bond acceptors (Lipinski definition) is 4. The summed E-state index contributed by atoms with van der Waals surface area (Å²) in [4.78, 5) is 17.7. The summed E-state index contributed by atoms with van der Waals surface area (Å²) in [6, 6.07) is 6.30. The van der Waals surface area contributed by atoms with Crippen molar-refractivity contribution >= 4 is 35.8 Å². The van der Waals surface area contributed by atoms with E-state index in [2.05, 4.69) is 15.6 Å². The normalized spacial score (nSPS) is 17.7. The van der Waals surface area contributed by atoms with Gasteiger partial charge in [-0.25, -0.2) is 9.38 Å². The molecule has 1 amide bonds. The van der Waals surface area contributed by atoms with Crippen molar-refractivity contribution in [2.75, 3.05) is 40.3 Å². The molecule has 1 fully saturated rings. The number of likely N-dealkylation sites (N-methyl/N-ethyl adjacent to an activating group) is 1. The predicted octanol–water partition coefficient (Wildman–Crippen LogP) is 2.40. The van der Waals surface area contributed by atoms with Crippen molar-refractivity contribution in [1.82, 2.24) is 15.5 Å². The van der Waals surface area contributed by atoms with Crippen molar-refractivity contribution in [2.45, 2.75) is 38.4 Å². The van der Waals surface area contributed by atoms with Crippen molar-refractivity contribution in [3.05, 3.63) is 30.1 Å². The van der Waals surface area contributed by atoms with Crippen molar-refractivity contribution in [2.24, 2.45) is 4.99 Å². The first-order chi connectivity index (χ1) is 13.5. The monoisotopic (exact) mass is 522 g/mol. The fraction of sp³-hybridized carbons (Fsp3) is 0.600. The molecule has 0 spiro atoms. The number of halogens is 2. The standard InChI is InChI=1S/C20H31FN4O3.HI/c1-15(28-18-10-5-4-9-17(18)21)12-22-20(24-14-19(26)25(2)3)23-13-16-8-6-7-11-27-16;/h4-5,9-10,15-16H,6-8,11-14H2,1-3H3,(H2,22,23,24);1H. The number of aliphatic imine (C=N–C) groups is 1. The number of benzene rings is 1. The molecule has 0 aliphatic carbocycles. The number of para-hydroxylation sites is 1. The van der Waals surface area contributed by atoms with Gasteiger partial charge in [0, 0.05) is 27.2 Å². The number of carbonyl (C=O) groups excluding carboxylic acids is 1. The van der Waals surface area contributed by atoms with Crippen LogP contribution in [0.1, 0.15) is 26.2 Å². The van der Waals surface area contributed by atoms with Crippen molar-refractivity contribution in [3.8, 4) is 5.75 Å². The van der Waals surface area contributed by atoms with Gasteiger partial charge in [-0.3, -0.25) is 4.79 Å². The number of amides is 1. The molecule has 1 saturated heterocycles. The summed E-state index contributed by atoms with van der Waals surface area (Å²) in [5.74, 6) is 0.230. The lowest BCUT2D eigenvalue weighted by molar-refractivity contribution is -0.127. The van der Waals surface area contributed by atoms with Crippen LogP contribution in [0.5, 0.6) is 5.75 Å². The fourth-order valence-corrected chi connectivity index (χ4v) is 2.68. The quantitative estimate of drug-likeness (QED) is 0.312. The van der Waals surface area contributed by atoms with Crippen LogP contribution in [0, 0.1) is 5.82 Å². The molecule has 2 N–H and O–H groups in total. The summed E-state index contributed by atoms with van der Waals surface area (Å²) in [6.07, 6.45) is 3.09. The third-order valence-electron chi connectivity index (χ3n) is 4.36. The van der Waals surface area contributed by atoms with Gasteiger partial charge in [0.15, 0.2) is 17.5 Å². The SMILES string of the molecule is CC(CNC(=NCC(=O)N(C)C)NCC1CCCCO1)Oc1ccccc1F.I. The molecular formula is C20H32FIN4O3. The predicted molar refractivity (Wildman–Crippen MR) is 122 cm³/mol. The molecule has 0 bridgehead atoms. The average molecular weight is 522 g/mol. The highest BCUT2D eigenvalue weighted by Crippen LogP contribution is 2.16. The van der Waals surface area contributed by atoms with Gasteiger partial charge in [0.25, 0.3) is 0 Å². The van der Waals surface area contributed by atoms with Gasteiger partial charge in [-0.1, -0.05) is 12.1 Å². The van der Waals surface area contributed by atoms with E-state index in [1.807, 2.05) is 6.92 Å². The molecule has 1 aliphatic rings. The second kappa shape index (κ2) is 13.6. The molecule has 1 aliphatic heterocycles. The summed E-state index contributed by atoms with van der Waals surface area (Å²) in [5.41, 5.74) is 0.